The Labute approximate surface area is 198 Å². The number of amides is 3. The normalized spacial score (nSPS) is 13.5. The number of carbonyl (C=O) groups excluding carboxylic acids is 3. The first-order valence-electron chi connectivity index (χ1n) is 11.2. The second-order valence-corrected chi connectivity index (χ2v) is 8.14. The van der Waals surface area contributed by atoms with Crippen LogP contribution in [-0.2, 0) is 16.0 Å². The molecule has 0 aliphatic carbocycles. The second kappa shape index (κ2) is 11.9. The quantitative estimate of drug-likeness (QED) is 0.308. The van der Waals surface area contributed by atoms with Crippen LogP contribution in [0.25, 0.3) is 10.8 Å². The van der Waals surface area contributed by atoms with Crippen molar-refractivity contribution in [2.24, 2.45) is 5.73 Å². The van der Waals surface area contributed by atoms with E-state index in [1.165, 1.54) is 0 Å². The highest BCUT2D eigenvalue weighted by Gasteiger charge is 2.25. The number of aliphatic hydroxyl groups is 1. The summed E-state index contributed by atoms with van der Waals surface area (Å²) in [6, 6.07) is 20.5. The molecule has 8 nitrogen and oxygen atoms in total. The number of benzene rings is 3. The molecule has 3 aromatic rings. The van der Waals surface area contributed by atoms with Crippen molar-refractivity contribution in [1.29, 1.82) is 0 Å². The molecule has 0 aliphatic rings. The van der Waals surface area contributed by atoms with E-state index in [4.69, 9.17) is 5.73 Å². The third kappa shape index (κ3) is 6.87. The van der Waals surface area contributed by atoms with Crippen molar-refractivity contribution in [3.63, 3.8) is 0 Å². The molecule has 3 aromatic carbocycles. The van der Waals surface area contributed by atoms with Gasteiger partial charge in [-0.2, -0.15) is 0 Å². The van der Waals surface area contributed by atoms with E-state index >= 15 is 0 Å². The highest BCUT2D eigenvalue weighted by Crippen LogP contribution is 2.17. The van der Waals surface area contributed by atoms with Gasteiger partial charge in [0.25, 0.3) is 5.91 Å². The number of nitrogens with two attached hydrogens (primary N) is 1. The number of nitrogens with one attached hydrogen (secondary N) is 3. The van der Waals surface area contributed by atoms with Gasteiger partial charge in [-0.1, -0.05) is 60.7 Å². The van der Waals surface area contributed by atoms with Crippen LogP contribution in [0.4, 0.5) is 0 Å². The van der Waals surface area contributed by atoms with Gasteiger partial charge in [-0.15, -0.1) is 0 Å². The molecule has 0 radical (unpaired) electrons. The van der Waals surface area contributed by atoms with Crippen LogP contribution in [0.5, 0.6) is 0 Å². The molecule has 0 saturated carbocycles. The first kappa shape index (κ1) is 24.9. The van der Waals surface area contributed by atoms with Crippen LogP contribution in [0.1, 0.15) is 22.8 Å². The van der Waals surface area contributed by atoms with Crippen molar-refractivity contribution >= 4 is 28.5 Å². The Morgan fingerprint density at radius 3 is 2.26 bits per heavy atom. The summed E-state index contributed by atoms with van der Waals surface area (Å²) in [5.41, 5.74) is 6.71. The van der Waals surface area contributed by atoms with Crippen molar-refractivity contribution in [3.8, 4) is 0 Å². The summed E-state index contributed by atoms with van der Waals surface area (Å²) in [6.45, 7) is 1.53. The van der Waals surface area contributed by atoms with Gasteiger partial charge in [0.2, 0.25) is 11.8 Å². The van der Waals surface area contributed by atoms with Crippen LogP contribution in [0.3, 0.4) is 0 Å². The van der Waals surface area contributed by atoms with Crippen LogP contribution >= 0.6 is 0 Å². The van der Waals surface area contributed by atoms with Gasteiger partial charge in [0.05, 0.1) is 6.10 Å². The summed E-state index contributed by atoms with van der Waals surface area (Å²) in [7, 11) is 0. The second-order valence-electron chi connectivity index (χ2n) is 8.14. The van der Waals surface area contributed by atoms with Crippen molar-refractivity contribution in [3.05, 3.63) is 83.9 Å². The number of carbonyl (C=O) groups is 3. The molecule has 1 unspecified atom stereocenters. The molecule has 0 aromatic heterocycles. The van der Waals surface area contributed by atoms with E-state index in [9.17, 15) is 19.5 Å². The van der Waals surface area contributed by atoms with E-state index in [1.54, 1.807) is 37.3 Å². The molecule has 3 atom stereocenters. The van der Waals surface area contributed by atoms with Gasteiger partial charge in [0.1, 0.15) is 12.1 Å². The SMILES string of the molecule is C[C@@H](NC(=O)c1ccccc1)C(=O)N[C@H](Cc1ccc2ccccc2c1)C(=O)NCC(O)CN. The van der Waals surface area contributed by atoms with Gasteiger partial charge < -0.3 is 26.8 Å². The average molecular weight is 463 g/mol. The minimum Gasteiger partial charge on any atom is -0.390 e. The van der Waals surface area contributed by atoms with Gasteiger partial charge in [0, 0.05) is 25.1 Å². The van der Waals surface area contributed by atoms with Gasteiger partial charge in [0.15, 0.2) is 0 Å². The van der Waals surface area contributed by atoms with E-state index in [-0.39, 0.29) is 25.4 Å². The predicted octanol–water partition coefficient (Wildman–Crippen LogP) is 1.12. The Morgan fingerprint density at radius 1 is 0.882 bits per heavy atom. The molecular formula is C26H30N4O4. The third-order valence-corrected chi connectivity index (χ3v) is 5.45. The van der Waals surface area contributed by atoms with Crippen LogP contribution in [-0.4, -0.2) is 54.1 Å². The third-order valence-electron chi connectivity index (χ3n) is 5.45. The number of hydrogen-bond donors (Lipinski definition) is 5. The maximum absolute atomic E-state index is 12.9. The summed E-state index contributed by atoms with van der Waals surface area (Å²) >= 11 is 0. The number of fused-ring (bicyclic) bond motifs is 1. The fourth-order valence-corrected chi connectivity index (χ4v) is 3.47. The lowest BCUT2D eigenvalue weighted by molar-refractivity contribution is -0.129. The first-order chi connectivity index (χ1) is 16.4. The standard InChI is InChI=1S/C26H30N4O4/c1-17(29-25(33)20-8-3-2-4-9-20)24(32)30-23(26(34)28-16-22(31)15-27)14-18-11-12-19-7-5-6-10-21(19)13-18/h2-13,17,22-23,31H,14-16,27H2,1H3,(H,28,34)(H,29,33)(H,30,32)/t17-,22?,23-/m1/s1. The van der Waals surface area contributed by atoms with Gasteiger partial charge in [-0.3, -0.25) is 14.4 Å². The molecular weight excluding hydrogens is 432 g/mol. The summed E-state index contributed by atoms with van der Waals surface area (Å²) in [4.78, 5) is 38.1. The van der Waals surface area contributed by atoms with E-state index in [0.29, 0.717) is 5.56 Å². The van der Waals surface area contributed by atoms with Crippen molar-refractivity contribution in [1.82, 2.24) is 16.0 Å². The Bertz CT molecular complexity index is 1140. The minimum atomic E-state index is -0.908. The highest BCUT2D eigenvalue weighted by molar-refractivity contribution is 5.98. The number of hydrogen-bond acceptors (Lipinski definition) is 5. The zero-order valence-electron chi connectivity index (χ0n) is 19.0. The lowest BCUT2D eigenvalue weighted by Gasteiger charge is -2.22. The molecule has 3 amide bonds. The molecule has 0 fully saturated rings. The largest absolute Gasteiger partial charge is 0.390 e. The number of aliphatic hydroxyl groups excluding tert-OH is 1. The fraction of sp³-hybridized carbons (Fsp3) is 0.269. The number of rotatable bonds is 10. The van der Waals surface area contributed by atoms with E-state index < -0.39 is 30.0 Å². The fourth-order valence-electron chi connectivity index (χ4n) is 3.47. The Morgan fingerprint density at radius 2 is 1.56 bits per heavy atom. The van der Waals surface area contributed by atoms with E-state index in [1.807, 2.05) is 42.5 Å². The Hall–Kier alpha value is -3.75. The molecule has 8 heteroatoms. The molecule has 0 saturated heterocycles. The molecule has 6 N–H and O–H groups in total. The van der Waals surface area contributed by atoms with Crippen LogP contribution < -0.4 is 21.7 Å². The monoisotopic (exact) mass is 462 g/mol. The van der Waals surface area contributed by atoms with Crippen LogP contribution in [0.15, 0.2) is 72.8 Å². The van der Waals surface area contributed by atoms with Gasteiger partial charge in [-0.05, 0) is 35.4 Å². The van der Waals surface area contributed by atoms with Gasteiger partial charge >= 0.3 is 0 Å². The minimum absolute atomic E-state index is 0.00450. The molecule has 178 valence electrons. The summed E-state index contributed by atoms with van der Waals surface area (Å²) in [5, 5.41) is 19.8. The molecule has 34 heavy (non-hydrogen) atoms. The zero-order valence-corrected chi connectivity index (χ0v) is 19.0. The van der Waals surface area contributed by atoms with Crippen LogP contribution in [0, 0.1) is 0 Å². The zero-order chi connectivity index (χ0) is 24.5. The first-order valence-corrected chi connectivity index (χ1v) is 11.2. The molecule has 0 heterocycles. The van der Waals surface area contributed by atoms with Crippen molar-refractivity contribution in [2.45, 2.75) is 31.5 Å². The lowest BCUT2D eigenvalue weighted by atomic mass is 10.0. The molecule has 0 bridgehead atoms. The van der Waals surface area contributed by atoms with E-state index in [0.717, 1.165) is 16.3 Å². The highest BCUT2D eigenvalue weighted by atomic mass is 16.3. The van der Waals surface area contributed by atoms with E-state index in [2.05, 4.69) is 16.0 Å². The van der Waals surface area contributed by atoms with Crippen molar-refractivity contribution < 1.29 is 19.5 Å². The topological polar surface area (TPSA) is 134 Å². The maximum Gasteiger partial charge on any atom is 0.251 e. The predicted molar refractivity (Wildman–Crippen MR) is 131 cm³/mol. The molecule has 0 aliphatic heterocycles. The molecule has 0 spiro atoms. The summed E-state index contributed by atoms with van der Waals surface area (Å²) in [6.07, 6.45) is -0.648. The summed E-state index contributed by atoms with van der Waals surface area (Å²) < 4.78 is 0. The van der Waals surface area contributed by atoms with Gasteiger partial charge in [-0.25, -0.2) is 0 Å². The Kier molecular flexibility index (Phi) is 8.73. The molecule has 3 rings (SSSR count). The average Bonchev–Trinajstić information content (AvgIpc) is 2.86. The lowest BCUT2D eigenvalue weighted by Crippen LogP contribution is -2.54. The summed E-state index contributed by atoms with van der Waals surface area (Å²) in [5.74, 6) is -1.33. The van der Waals surface area contributed by atoms with Crippen LogP contribution in [0.2, 0.25) is 0 Å². The smallest absolute Gasteiger partial charge is 0.251 e. The Balaban J connectivity index is 1.71. The maximum atomic E-state index is 12.9. The van der Waals surface area contributed by atoms with Crippen molar-refractivity contribution in [2.75, 3.05) is 13.1 Å².